The molecule has 1 aromatic heterocycles. The van der Waals surface area contributed by atoms with Crippen molar-refractivity contribution in [1.29, 1.82) is 0 Å². The van der Waals surface area contributed by atoms with Gasteiger partial charge in [0.05, 0.1) is 0 Å². The number of hydrogen-bond acceptors (Lipinski definition) is 3. The molecule has 2 unspecified atom stereocenters. The molecule has 2 rings (SSSR count). The van der Waals surface area contributed by atoms with E-state index in [4.69, 9.17) is 0 Å². The molecule has 1 heterocycles. The lowest BCUT2D eigenvalue weighted by atomic mass is 9.69. The Morgan fingerprint density at radius 1 is 1.48 bits per heavy atom. The van der Waals surface area contributed by atoms with Crippen LogP contribution >= 0.6 is 11.3 Å². The van der Waals surface area contributed by atoms with Gasteiger partial charge in [-0.2, -0.15) is 0 Å². The highest BCUT2D eigenvalue weighted by atomic mass is 32.1. The third kappa shape index (κ3) is 5.39. The van der Waals surface area contributed by atoms with E-state index in [1.807, 2.05) is 11.3 Å². The zero-order chi connectivity index (χ0) is 15.1. The van der Waals surface area contributed by atoms with Crippen LogP contribution in [0.2, 0.25) is 0 Å². The van der Waals surface area contributed by atoms with Crippen LogP contribution in [0.4, 0.5) is 0 Å². The summed E-state index contributed by atoms with van der Waals surface area (Å²) in [7, 11) is 2.29. The highest BCUT2D eigenvalue weighted by molar-refractivity contribution is 7.09. The third-order valence-corrected chi connectivity index (χ3v) is 5.58. The summed E-state index contributed by atoms with van der Waals surface area (Å²) in [5, 5.41) is 5.89. The van der Waals surface area contributed by atoms with Crippen molar-refractivity contribution in [2.45, 2.75) is 52.5 Å². The zero-order valence-corrected chi connectivity index (χ0v) is 14.8. The largest absolute Gasteiger partial charge is 0.316 e. The Morgan fingerprint density at radius 2 is 2.33 bits per heavy atom. The first-order valence-corrected chi connectivity index (χ1v) is 9.43. The Bertz CT molecular complexity index is 390. The lowest BCUT2D eigenvalue weighted by Gasteiger charge is -2.43. The van der Waals surface area contributed by atoms with Crippen molar-refractivity contribution in [1.82, 2.24) is 10.2 Å². The summed E-state index contributed by atoms with van der Waals surface area (Å²) in [5.74, 6) is 0.886. The van der Waals surface area contributed by atoms with Crippen LogP contribution in [0, 0.1) is 11.3 Å². The molecule has 1 saturated carbocycles. The first-order chi connectivity index (χ1) is 10.1. The first-order valence-electron chi connectivity index (χ1n) is 8.55. The topological polar surface area (TPSA) is 15.3 Å². The Balaban J connectivity index is 1.93. The van der Waals surface area contributed by atoms with Gasteiger partial charge >= 0.3 is 0 Å². The summed E-state index contributed by atoms with van der Waals surface area (Å²) in [4.78, 5) is 4.02. The minimum atomic E-state index is 0.485. The fourth-order valence-corrected chi connectivity index (χ4v) is 4.74. The van der Waals surface area contributed by atoms with Gasteiger partial charge in [-0.15, -0.1) is 11.3 Å². The highest BCUT2D eigenvalue weighted by Crippen LogP contribution is 2.39. The van der Waals surface area contributed by atoms with E-state index in [0.29, 0.717) is 5.41 Å². The van der Waals surface area contributed by atoms with Crippen molar-refractivity contribution in [2.75, 3.05) is 26.7 Å². The van der Waals surface area contributed by atoms with Crippen molar-refractivity contribution < 1.29 is 0 Å². The summed E-state index contributed by atoms with van der Waals surface area (Å²) < 4.78 is 0. The van der Waals surface area contributed by atoms with Crippen LogP contribution in [0.25, 0.3) is 0 Å². The molecule has 0 aromatic carbocycles. The molecule has 120 valence electrons. The molecule has 1 aromatic rings. The summed E-state index contributed by atoms with van der Waals surface area (Å²) in [6.07, 6.45) is 6.84. The lowest BCUT2D eigenvalue weighted by molar-refractivity contribution is 0.0895. The third-order valence-electron chi connectivity index (χ3n) is 4.72. The van der Waals surface area contributed by atoms with E-state index in [9.17, 15) is 0 Å². The first kappa shape index (κ1) is 17.0. The smallest absolute Gasteiger partial charge is 0.0325 e. The fourth-order valence-electron chi connectivity index (χ4n) is 3.96. The molecular formula is C18H32N2S. The second-order valence-electron chi connectivity index (χ2n) is 7.13. The summed E-state index contributed by atoms with van der Waals surface area (Å²) >= 11 is 1.88. The fraction of sp³-hybridized carbons (Fsp3) is 0.778. The highest BCUT2D eigenvalue weighted by Gasteiger charge is 2.35. The van der Waals surface area contributed by atoms with Gasteiger partial charge in [-0.25, -0.2) is 0 Å². The predicted molar refractivity (Wildman–Crippen MR) is 93.9 cm³/mol. The van der Waals surface area contributed by atoms with Gasteiger partial charge in [0, 0.05) is 24.5 Å². The van der Waals surface area contributed by atoms with Crippen molar-refractivity contribution in [3.63, 3.8) is 0 Å². The van der Waals surface area contributed by atoms with Crippen LogP contribution in [0.15, 0.2) is 17.5 Å². The Morgan fingerprint density at radius 3 is 3.00 bits per heavy atom. The van der Waals surface area contributed by atoms with Gasteiger partial charge in [-0.1, -0.05) is 32.8 Å². The average Bonchev–Trinajstić information content (AvgIpc) is 2.91. The van der Waals surface area contributed by atoms with Crippen LogP contribution in [-0.4, -0.2) is 31.6 Å². The van der Waals surface area contributed by atoms with Crippen molar-refractivity contribution >= 4 is 11.3 Å². The summed E-state index contributed by atoms with van der Waals surface area (Å²) in [5.41, 5.74) is 0.485. The summed E-state index contributed by atoms with van der Waals surface area (Å²) in [6, 6.07) is 4.42. The normalized spacial score (nSPS) is 26.4. The molecule has 0 aliphatic heterocycles. The molecule has 2 atom stereocenters. The van der Waals surface area contributed by atoms with Gasteiger partial charge in [0.15, 0.2) is 0 Å². The standard InChI is InChI=1S/C18H32N2S/c1-4-10-19-14-18(9-5-7-16(2)12-18)15-20(3)13-17-8-6-11-21-17/h6,8,11,16,19H,4-5,7,9-10,12-15H2,1-3H3. The molecule has 3 heteroatoms. The lowest BCUT2D eigenvalue weighted by Crippen LogP contribution is -2.45. The quantitative estimate of drug-likeness (QED) is 0.717. The molecule has 0 saturated heterocycles. The minimum absolute atomic E-state index is 0.485. The summed E-state index contributed by atoms with van der Waals surface area (Å²) in [6.45, 7) is 9.37. The van der Waals surface area contributed by atoms with E-state index < -0.39 is 0 Å². The van der Waals surface area contributed by atoms with Crippen molar-refractivity contribution in [3.05, 3.63) is 22.4 Å². The predicted octanol–water partition coefficient (Wildman–Crippen LogP) is 4.38. The molecule has 1 aliphatic carbocycles. The maximum absolute atomic E-state index is 3.71. The maximum atomic E-state index is 3.71. The number of nitrogens with zero attached hydrogens (tertiary/aromatic N) is 1. The van der Waals surface area contributed by atoms with Gasteiger partial charge in [0.25, 0.3) is 0 Å². The maximum Gasteiger partial charge on any atom is 0.0325 e. The van der Waals surface area contributed by atoms with E-state index in [-0.39, 0.29) is 0 Å². The molecular weight excluding hydrogens is 276 g/mol. The van der Waals surface area contributed by atoms with Gasteiger partial charge in [0.2, 0.25) is 0 Å². The molecule has 0 bridgehead atoms. The molecule has 0 radical (unpaired) electrons. The van der Waals surface area contributed by atoms with Crippen LogP contribution in [-0.2, 0) is 6.54 Å². The van der Waals surface area contributed by atoms with Gasteiger partial charge in [-0.3, -0.25) is 0 Å². The number of nitrogens with one attached hydrogen (secondary N) is 1. The molecule has 1 fully saturated rings. The van der Waals surface area contributed by atoms with Gasteiger partial charge < -0.3 is 10.2 Å². The molecule has 2 nitrogen and oxygen atoms in total. The van der Waals surface area contributed by atoms with Crippen LogP contribution < -0.4 is 5.32 Å². The average molecular weight is 309 g/mol. The monoisotopic (exact) mass is 308 g/mol. The Labute approximate surface area is 134 Å². The van der Waals surface area contributed by atoms with E-state index >= 15 is 0 Å². The van der Waals surface area contributed by atoms with Crippen LogP contribution in [0.1, 0.15) is 50.8 Å². The zero-order valence-electron chi connectivity index (χ0n) is 14.0. The van der Waals surface area contributed by atoms with Crippen molar-refractivity contribution in [3.8, 4) is 0 Å². The molecule has 1 aliphatic rings. The second kappa shape index (κ2) is 8.30. The van der Waals surface area contributed by atoms with E-state index in [0.717, 1.165) is 19.0 Å². The SMILES string of the molecule is CCCNCC1(CN(C)Cc2cccs2)CCCC(C)C1. The van der Waals surface area contributed by atoms with Gasteiger partial charge in [-0.05, 0) is 55.6 Å². The van der Waals surface area contributed by atoms with E-state index in [1.54, 1.807) is 0 Å². The van der Waals surface area contributed by atoms with Gasteiger partial charge in [0.1, 0.15) is 0 Å². The molecule has 0 spiro atoms. The van der Waals surface area contributed by atoms with Crippen LogP contribution in [0.5, 0.6) is 0 Å². The molecule has 0 amide bonds. The number of thiophene rings is 1. The van der Waals surface area contributed by atoms with Crippen LogP contribution in [0.3, 0.4) is 0 Å². The Kier molecular flexibility index (Phi) is 6.72. The second-order valence-corrected chi connectivity index (χ2v) is 8.16. The number of rotatable bonds is 8. The van der Waals surface area contributed by atoms with E-state index in [2.05, 4.69) is 48.6 Å². The Hall–Kier alpha value is -0.380. The van der Waals surface area contributed by atoms with Crippen molar-refractivity contribution in [2.24, 2.45) is 11.3 Å². The minimum Gasteiger partial charge on any atom is -0.316 e. The molecule has 21 heavy (non-hydrogen) atoms. The number of hydrogen-bond donors (Lipinski definition) is 1. The molecule has 1 N–H and O–H groups in total. The van der Waals surface area contributed by atoms with E-state index in [1.165, 1.54) is 50.1 Å².